The summed E-state index contributed by atoms with van der Waals surface area (Å²) >= 11 is 0. The maximum absolute atomic E-state index is 13.3. The average molecular weight is 457 g/mol. The van der Waals surface area contributed by atoms with Crippen LogP contribution < -0.4 is 10.8 Å². The van der Waals surface area contributed by atoms with Crippen molar-refractivity contribution >= 4 is 28.5 Å². The van der Waals surface area contributed by atoms with E-state index in [2.05, 4.69) is 20.9 Å². The van der Waals surface area contributed by atoms with E-state index in [-0.39, 0.29) is 18.6 Å². The molecular formula is C25H23N5O4. The van der Waals surface area contributed by atoms with Crippen LogP contribution in [0.2, 0.25) is 0 Å². The summed E-state index contributed by atoms with van der Waals surface area (Å²) in [5.74, 6) is -2.00. The van der Waals surface area contributed by atoms with Gasteiger partial charge in [0.2, 0.25) is 5.78 Å². The van der Waals surface area contributed by atoms with Crippen molar-refractivity contribution in [3.63, 3.8) is 0 Å². The Morgan fingerprint density at radius 3 is 2.53 bits per heavy atom. The number of hydrogen-bond acceptors (Lipinski definition) is 6. The second-order valence-corrected chi connectivity index (χ2v) is 7.45. The van der Waals surface area contributed by atoms with Gasteiger partial charge in [0.15, 0.2) is 5.82 Å². The van der Waals surface area contributed by atoms with Crippen LogP contribution in [0.15, 0.2) is 79.1 Å². The fourth-order valence-corrected chi connectivity index (χ4v) is 3.47. The minimum absolute atomic E-state index is 0.131. The molecule has 0 radical (unpaired) electrons. The zero-order valence-corrected chi connectivity index (χ0v) is 18.5. The van der Waals surface area contributed by atoms with Crippen LogP contribution in [0.5, 0.6) is 0 Å². The van der Waals surface area contributed by atoms with Crippen molar-refractivity contribution in [1.29, 1.82) is 0 Å². The minimum atomic E-state index is -1.11. The van der Waals surface area contributed by atoms with Gasteiger partial charge in [-0.1, -0.05) is 48.5 Å². The highest BCUT2D eigenvalue weighted by molar-refractivity contribution is 6.38. The molecule has 0 spiro atoms. The maximum Gasteiger partial charge on any atom is 0.313 e. The number of ketones is 1. The molecule has 2 heterocycles. The van der Waals surface area contributed by atoms with Crippen molar-refractivity contribution in [3.8, 4) is 5.82 Å². The van der Waals surface area contributed by atoms with Gasteiger partial charge in [-0.05, 0) is 30.7 Å². The van der Waals surface area contributed by atoms with Gasteiger partial charge in [0.1, 0.15) is 6.04 Å². The SMILES string of the molecule is CCONC(=O)C(=O)C(Cc1ccccc1)NC(=O)c1cccnc1-n1cc2ccccc2n1. The summed E-state index contributed by atoms with van der Waals surface area (Å²) in [6.07, 6.45) is 3.46. The molecule has 0 fully saturated rings. The molecule has 0 bridgehead atoms. The number of nitrogens with zero attached hydrogens (tertiary/aromatic N) is 3. The molecule has 0 saturated heterocycles. The lowest BCUT2D eigenvalue weighted by Gasteiger charge is -2.18. The quantitative estimate of drug-likeness (QED) is 0.295. The molecule has 1 unspecified atom stereocenters. The number of Topliss-reactive ketones (excluding diaryl/α,β-unsaturated/α-hetero) is 1. The predicted octanol–water partition coefficient (Wildman–Crippen LogP) is 2.40. The van der Waals surface area contributed by atoms with Crippen molar-refractivity contribution in [1.82, 2.24) is 25.6 Å². The molecule has 2 N–H and O–H groups in total. The molecule has 0 aliphatic rings. The fraction of sp³-hybridized carbons (Fsp3) is 0.160. The summed E-state index contributed by atoms with van der Waals surface area (Å²) in [6.45, 7) is 1.88. The van der Waals surface area contributed by atoms with Crippen molar-refractivity contribution in [2.24, 2.45) is 0 Å². The predicted molar refractivity (Wildman–Crippen MR) is 125 cm³/mol. The van der Waals surface area contributed by atoms with E-state index in [1.54, 1.807) is 31.5 Å². The molecule has 34 heavy (non-hydrogen) atoms. The summed E-state index contributed by atoms with van der Waals surface area (Å²) in [5.41, 5.74) is 3.85. The summed E-state index contributed by atoms with van der Waals surface area (Å²) < 4.78 is 1.52. The summed E-state index contributed by atoms with van der Waals surface area (Å²) in [6, 6.07) is 18.8. The standard InChI is InChI=1S/C25H23N5O4/c1-2-34-29-25(33)22(31)21(15-17-9-4-3-5-10-17)27-24(32)19-12-8-14-26-23(19)30-16-18-11-6-7-13-20(18)28-30/h3-14,16,21H,2,15H2,1H3,(H,27,32)(H,29,33). The average Bonchev–Trinajstić information content (AvgIpc) is 3.31. The summed E-state index contributed by atoms with van der Waals surface area (Å²) in [5, 5.41) is 8.09. The molecule has 2 aromatic heterocycles. The van der Waals surface area contributed by atoms with E-state index in [1.807, 2.05) is 54.6 Å². The van der Waals surface area contributed by atoms with Crippen LogP contribution in [0.3, 0.4) is 0 Å². The highest BCUT2D eigenvalue weighted by atomic mass is 16.6. The molecule has 0 saturated carbocycles. The van der Waals surface area contributed by atoms with Crippen LogP contribution in [-0.4, -0.2) is 45.0 Å². The third kappa shape index (κ3) is 5.16. The Morgan fingerprint density at radius 1 is 1.00 bits per heavy atom. The van der Waals surface area contributed by atoms with Crippen molar-refractivity contribution in [3.05, 3.63) is 90.3 Å². The number of aromatic nitrogens is 3. The lowest BCUT2D eigenvalue weighted by molar-refractivity contribution is -0.146. The van der Waals surface area contributed by atoms with E-state index in [1.165, 1.54) is 4.68 Å². The first kappa shape index (κ1) is 22.8. The Hall–Kier alpha value is -4.37. The zero-order valence-electron chi connectivity index (χ0n) is 18.5. The number of nitrogens with one attached hydrogen (secondary N) is 2. The molecule has 9 nitrogen and oxygen atoms in total. The Kier molecular flexibility index (Phi) is 7.04. The first-order valence-electron chi connectivity index (χ1n) is 10.8. The highest BCUT2D eigenvalue weighted by Gasteiger charge is 2.29. The van der Waals surface area contributed by atoms with Crippen LogP contribution in [0, 0.1) is 0 Å². The Labute approximate surface area is 195 Å². The monoisotopic (exact) mass is 457 g/mol. The van der Waals surface area contributed by atoms with E-state index in [9.17, 15) is 14.4 Å². The Morgan fingerprint density at radius 2 is 1.76 bits per heavy atom. The molecule has 172 valence electrons. The Balaban J connectivity index is 1.62. The maximum atomic E-state index is 13.3. The molecule has 4 aromatic rings. The van der Waals surface area contributed by atoms with E-state index >= 15 is 0 Å². The van der Waals surface area contributed by atoms with Crippen LogP contribution in [0.4, 0.5) is 0 Å². The number of fused-ring (bicyclic) bond motifs is 1. The molecule has 2 amide bonds. The normalized spacial score (nSPS) is 11.7. The third-order valence-corrected chi connectivity index (χ3v) is 5.10. The van der Waals surface area contributed by atoms with Gasteiger partial charge >= 0.3 is 5.91 Å². The van der Waals surface area contributed by atoms with E-state index < -0.39 is 23.6 Å². The molecule has 0 aliphatic heterocycles. The largest absolute Gasteiger partial charge is 0.341 e. The van der Waals surface area contributed by atoms with Crippen LogP contribution >= 0.6 is 0 Å². The van der Waals surface area contributed by atoms with Crippen LogP contribution in [0.1, 0.15) is 22.8 Å². The van der Waals surface area contributed by atoms with Gasteiger partial charge in [0.25, 0.3) is 5.91 Å². The van der Waals surface area contributed by atoms with E-state index in [4.69, 9.17) is 4.84 Å². The van der Waals surface area contributed by atoms with Gasteiger partial charge in [-0.3, -0.25) is 19.2 Å². The third-order valence-electron chi connectivity index (χ3n) is 5.10. The van der Waals surface area contributed by atoms with Crippen LogP contribution in [-0.2, 0) is 20.8 Å². The molecule has 1 atom stereocenters. The topological polar surface area (TPSA) is 115 Å². The fourth-order valence-electron chi connectivity index (χ4n) is 3.47. The minimum Gasteiger partial charge on any atom is -0.341 e. The van der Waals surface area contributed by atoms with E-state index in [0.717, 1.165) is 16.5 Å². The van der Waals surface area contributed by atoms with Gasteiger partial charge < -0.3 is 5.32 Å². The number of rotatable bonds is 9. The molecular weight excluding hydrogens is 434 g/mol. The molecule has 9 heteroatoms. The van der Waals surface area contributed by atoms with Gasteiger partial charge in [0, 0.05) is 24.2 Å². The number of benzene rings is 2. The second kappa shape index (κ2) is 10.5. The van der Waals surface area contributed by atoms with Crippen molar-refractivity contribution < 1.29 is 19.2 Å². The van der Waals surface area contributed by atoms with Crippen molar-refractivity contribution in [2.75, 3.05) is 6.61 Å². The molecule has 2 aromatic carbocycles. The van der Waals surface area contributed by atoms with Gasteiger partial charge in [-0.25, -0.2) is 15.1 Å². The number of hydroxylamine groups is 1. The van der Waals surface area contributed by atoms with Crippen LogP contribution in [0.25, 0.3) is 16.7 Å². The Bertz CT molecular complexity index is 1290. The number of carbonyl (C=O) groups is 3. The number of amides is 2. The lowest BCUT2D eigenvalue weighted by atomic mass is 10.0. The number of pyridine rings is 1. The first-order chi connectivity index (χ1) is 16.6. The number of hydrogen-bond donors (Lipinski definition) is 2. The second-order valence-electron chi connectivity index (χ2n) is 7.45. The van der Waals surface area contributed by atoms with Gasteiger partial charge in [0.05, 0.1) is 17.7 Å². The van der Waals surface area contributed by atoms with Gasteiger partial charge in [-0.15, -0.1) is 0 Å². The van der Waals surface area contributed by atoms with E-state index in [0.29, 0.717) is 5.82 Å². The molecule has 4 rings (SSSR count). The first-order valence-corrected chi connectivity index (χ1v) is 10.8. The van der Waals surface area contributed by atoms with Gasteiger partial charge in [-0.2, -0.15) is 5.10 Å². The summed E-state index contributed by atoms with van der Waals surface area (Å²) in [4.78, 5) is 47.6. The number of carbonyl (C=O) groups excluding carboxylic acids is 3. The molecule has 0 aliphatic carbocycles. The lowest BCUT2D eigenvalue weighted by Crippen LogP contribution is -2.48. The summed E-state index contributed by atoms with van der Waals surface area (Å²) in [7, 11) is 0. The smallest absolute Gasteiger partial charge is 0.313 e. The highest BCUT2D eigenvalue weighted by Crippen LogP contribution is 2.17. The zero-order chi connectivity index (χ0) is 23.9. The van der Waals surface area contributed by atoms with Crippen molar-refractivity contribution in [2.45, 2.75) is 19.4 Å².